The average molecular weight is 585 g/mol. The molecule has 43 heavy (non-hydrogen) atoms. The van der Waals surface area contributed by atoms with Gasteiger partial charge in [0.1, 0.15) is 0 Å². The number of aryl methyl sites for hydroxylation is 1. The van der Waals surface area contributed by atoms with Crippen molar-refractivity contribution in [3.8, 4) is 0 Å². The predicted octanol–water partition coefficient (Wildman–Crippen LogP) is 6.92. The Morgan fingerprint density at radius 1 is 1.02 bits per heavy atom. The number of hydrogen-bond donors (Lipinski definition) is 4. The van der Waals surface area contributed by atoms with Crippen LogP contribution in [0.2, 0.25) is 0 Å². The summed E-state index contributed by atoms with van der Waals surface area (Å²) in [5.74, 6) is -0.904. The third-order valence-electron chi connectivity index (χ3n) is 7.89. The highest BCUT2D eigenvalue weighted by Crippen LogP contribution is 2.49. The van der Waals surface area contributed by atoms with Gasteiger partial charge in [0.05, 0.1) is 5.54 Å². The number of nitrogens with two attached hydrogens (primary N) is 1. The van der Waals surface area contributed by atoms with Crippen molar-refractivity contribution in [2.24, 2.45) is 11.7 Å². The third kappa shape index (κ3) is 8.63. The molecular weight excluding hydrogens is 536 g/mol. The zero-order valence-corrected chi connectivity index (χ0v) is 25.3. The van der Waals surface area contributed by atoms with Crippen molar-refractivity contribution in [2.75, 3.05) is 6.54 Å². The van der Waals surface area contributed by atoms with Crippen molar-refractivity contribution in [2.45, 2.75) is 79.2 Å². The number of carbonyl (C=O) groups excluding carboxylic acids is 3. The van der Waals surface area contributed by atoms with Crippen molar-refractivity contribution in [3.05, 3.63) is 89.1 Å². The number of unbranched alkanes of at least 4 members (excludes halogenated alkanes) is 1. The molecular formula is C36H48N4O3. The first-order valence-corrected chi connectivity index (χ1v) is 14.9. The van der Waals surface area contributed by atoms with Crippen LogP contribution in [0.25, 0.3) is 16.3 Å². The Kier molecular flexibility index (Phi) is 13.3. The molecule has 0 aliphatic heterocycles. The number of hydrogen-bond acceptors (Lipinski definition) is 5. The minimum atomic E-state index is -0.428. The summed E-state index contributed by atoms with van der Waals surface area (Å²) in [5.41, 5.74) is 9.80. The molecule has 1 aliphatic rings. The highest BCUT2D eigenvalue weighted by molar-refractivity contribution is 6.36. The molecule has 3 aromatic rings. The van der Waals surface area contributed by atoms with Gasteiger partial charge in [-0.3, -0.25) is 14.4 Å². The summed E-state index contributed by atoms with van der Waals surface area (Å²) in [5, 5.41) is 15.8. The molecule has 3 aromatic carbocycles. The van der Waals surface area contributed by atoms with E-state index in [1.807, 2.05) is 56.3 Å². The Morgan fingerprint density at radius 3 is 2.30 bits per heavy atom. The maximum atomic E-state index is 13.1. The smallest absolute Gasteiger partial charge is 0.287 e. The van der Waals surface area contributed by atoms with Gasteiger partial charge in [0, 0.05) is 36.0 Å². The first-order valence-electron chi connectivity index (χ1n) is 14.9. The maximum absolute atomic E-state index is 13.1. The van der Waals surface area contributed by atoms with Gasteiger partial charge in [-0.1, -0.05) is 84.0 Å². The Hall–Kier alpha value is -4.26. The highest BCUT2D eigenvalue weighted by atomic mass is 16.2. The van der Waals surface area contributed by atoms with Gasteiger partial charge in [0.2, 0.25) is 5.78 Å². The van der Waals surface area contributed by atoms with Crippen LogP contribution >= 0.6 is 0 Å². The molecule has 1 atom stereocenters. The van der Waals surface area contributed by atoms with E-state index in [0.717, 1.165) is 71.6 Å². The number of amides is 2. The molecule has 2 amide bonds. The first kappa shape index (κ1) is 34.9. The minimum Gasteiger partial charge on any atom is -0.404 e. The van der Waals surface area contributed by atoms with Gasteiger partial charge in [-0.2, -0.15) is 0 Å². The largest absolute Gasteiger partial charge is 0.404 e. The SMILES string of the molecule is C.CCCCNC(=O)C(=O)C(C)CC.CCc1ccccc1C(=O)NC1(c2cc(/C(C=N)=C/N)cc3ccccc23)CC1. The van der Waals surface area contributed by atoms with Gasteiger partial charge in [0.15, 0.2) is 0 Å². The second-order valence-corrected chi connectivity index (χ2v) is 10.8. The second-order valence-electron chi connectivity index (χ2n) is 10.8. The lowest BCUT2D eigenvalue weighted by Crippen LogP contribution is -2.35. The summed E-state index contributed by atoms with van der Waals surface area (Å²) in [6, 6.07) is 20.1. The van der Waals surface area contributed by atoms with E-state index in [1.165, 1.54) is 12.4 Å². The molecule has 4 rings (SSSR count). The molecule has 0 bridgehead atoms. The average Bonchev–Trinajstić information content (AvgIpc) is 3.80. The number of fused-ring (bicyclic) bond motifs is 1. The zero-order chi connectivity index (χ0) is 30.7. The number of benzene rings is 3. The molecule has 7 nitrogen and oxygen atoms in total. The number of Topliss-reactive ketones (excluding diaryl/α,β-unsaturated/α-hetero) is 1. The number of allylic oxidation sites excluding steroid dienone is 1. The van der Waals surface area contributed by atoms with E-state index in [4.69, 9.17) is 11.1 Å². The zero-order valence-electron chi connectivity index (χ0n) is 25.3. The molecule has 5 N–H and O–H groups in total. The van der Waals surface area contributed by atoms with Crippen LogP contribution in [0.1, 0.15) is 94.3 Å². The molecule has 0 saturated heterocycles. The van der Waals surface area contributed by atoms with Crippen LogP contribution in [0, 0.1) is 11.3 Å². The summed E-state index contributed by atoms with van der Waals surface area (Å²) in [7, 11) is 0. The minimum absolute atomic E-state index is 0. The van der Waals surface area contributed by atoms with E-state index in [0.29, 0.717) is 12.1 Å². The Morgan fingerprint density at radius 2 is 1.70 bits per heavy atom. The normalized spacial score (nSPS) is 13.9. The van der Waals surface area contributed by atoms with Crippen LogP contribution in [0.15, 0.2) is 66.9 Å². The summed E-state index contributed by atoms with van der Waals surface area (Å²) in [4.78, 5) is 35.6. The quantitative estimate of drug-likeness (QED) is 0.105. The highest BCUT2D eigenvalue weighted by Gasteiger charge is 2.47. The summed E-state index contributed by atoms with van der Waals surface area (Å²) in [6.07, 6.45) is 8.01. The third-order valence-corrected chi connectivity index (χ3v) is 7.89. The maximum Gasteiger partial charge on any atom is 0.287 e. The molecule has 1 fully saturated rings. The van der Waals surface area contributed by atoms with E-state index >= 15 is 0 Å². The fourth-order valence-electron chi connectivity index (χ4n) is 4.90. The van der Waals surface area contributed by atoms with Crippen LogP contribution in [0.4, 0.5) is 0 Å². The molecule has 1 saturated carbocycles. The molecule has 1 aliphatic carbocycles. The lowest BCUT2D eigenvalue weighted by atomic mass is 9.91. The standard InChI is InChI=1S/C25H25N3O.C10H19NO2.CH4/c1-2-17-7-3-6-10-22(17)24(29)28-25(11-12-25)23-14-19(20(15-26)16-27)13-18-8-4-5-9-21(18)23;1-4-6-7-11-10(13)9(12)8(3)5-2;/h3-10,13-16,26H,2,11-12,27H2,1H3,(H,28,29);8H,4-7H2,1-3H3,(H,11,13);1H4/b20-16+,26-15?;;. The molecule has 7 heteroatoms. The Labute approximate surface area is 256 Å². The fraction of sp³-hybridized carbons (Fsp3) is 0.389. The monoisotopic (exact) mass is 584 g/mol. The predicted molar refractivity (Wildman–Crippen MR) is 178 cm³/mol. The van der Waals surface area contributed by atoms with Crippen molar-refractivity contribution in [1.82, 2.24) is 10.6 Å². The summed E-state index contributed by atoms with van der Waals surface area (Å²) >= 11 is 0. The van der Waals surface area contributed by atoms with Crippen molar-refractivity contribution in [3.63, 3.8) is 0 Å². The van der Waals surface area contributed by atoms with Gasteiger partial charge < -0.3 is 21.8 Å². The molecule has 0 aromatic heterocycles. The summed E-state index contributed by atoms with van der Waals surface area (Å²) < 4.78 is 0. The van der Waals surface area contributed by atoms with Gasteiger partial charge in [-0.15, -0.1) is 0 Å². The van der Waals surface area contributed by atoms with Crippen LogP contribution in [-0.2, 0) is 21.5 Å². The topological polar surface area (TPSA) is 125 Å². The molecule has 0 spiro atoms. The molecule has 0 radical (unpaired) electrons. The second kappa shape index (κ2) is 16.4. The van der Waals surface area contributed by atoms with E-state index < -0.39 is 5.91 Å². The number of carbonyl (C=O) groups is 3. The Bertz CT molecular complexity index is 1460. The van der Waals surface area contributed by atoms with Crippen molar-refractivity contribution < 1.29 is 14.4 Å². The lowest BCUT2D eigenvalue weighted by molar-refractivity contribution is -0.140. The van der Waals surface area contributed by atoms with E-state index in [2.05, 4.69) is 35.8 Å². The van der Waals surface area contributed by atoms with Crippen LogP contribution in [0.5, 0.6) is 0 Å². The van der Waals surface area contributed by atoms with E-state index in [-0.39, 0.29) is 30.6 Å². The lowest BCUT2D eigenvalue weighted by Gasteiger charge is -2.22. The molecule has 0 heterocycles. The number of rotatable bonds is 12. The summed E-state index contributed by atoms with van der Waals surface area (Å²) in [6.45, 7) is 8.40. The van der Waals surface area contributed by atoms with Crippen LogP contribution in [-0.4, -0.2) is 30.4 Å². The van der Waals surface area contributed by atoms with Gasteiger partial charge in [-0.25, -0.2) is 0 Å². The van der Waals surface area contributed by atoms with E-state index in [1.54, 1.807) is 6.92 Å². The van der Waals surface area contributed by atoms with Gasteiger partial charge >= 0.3 is 0 Å². The molecule has 1 unspecified atom stereocenters. The fourth-order valence-corrected chi connectivity index (χ4v) is 4.90. The van der Waals surface area contributed by atoms with Gasteiger partial charge in [-0.05, 0) is 77.8 Å². The first-order chi connectivity index (χ1) is 20.2. The van der Waals surface area contributed by atoms with Crippen LogP contribution < -0.4 is 16.4 Å². The van der Waals surface area contributed by atoms with E-state index in [9.17, 15) is 14.4 Å². The molecule has 230 valence electrons. The number of ketones is 1. The van der Waals surface area contributed by atoms with Gasteiger partial charge in [0.25, 0.3) is 11.8 Å². The van der Waals surface area contributed by atoms with Crippen molar-refractivity contribution >= 4 is 40.2 Å². The van der Waals surface area contributed by atoms with Crippen LogP contribution in [0.3, 0.4) is 0 Å². The Balaban J connectivity index is 0.000000394. The number of nitrogens with one attached hydrogen (secondary N) is 3. The van der Waals surface area contributed by atoms with Crippen molar-refractivity contribution in [1.29, 1.82) is 5.41 Å².